The van der Waals surface area contributed by atoms with Gasteiger partial charge in [-0.05, 0) is 72.7 Å². The van der Waals surface area contributed by atoms with Gasteiger partial charge < -0.3 is 15.3 Å². The maximum absolute atomic E-state index is 12.3. The second-order valence-corrected chi connectivity index (χ2v) is 9.37. The molecule has 0 spiro atoms. The molecule has 0 saturated heterocycles. The van der Waals surface area contributed by atoms with E-state index in [0.29, 0.717) is 12.3 Å². The molecule has 3 rings (SSSR count). The van der Waals surface area contributed by atoms with Gasteiger partial charge in [-0.2, -0.15) is 0 Å². The first-order chi connectivity index (χ1) is 11.1. The van der Waals surface area contributed by atoms with Gasteiger partial charge in [0.05, 0.1) is 12.7 Å². The Hall–Kier alpha value is -0.870. The van der Waals surface area contributed by atoms with Gasteiger partial charge in [0.2, 0.25) is 0 Å². The molecular weight excluding hydrogens is 304 g/mol. The van der Waals surface area contributed by atoms with Crippen molar-refractivity contribution >= 4 is 5.78 Å². The standard InChI is InChI=1S/C20H32O4/c1-12-17(24)14(22)9-15-19(12,3)6-5-13-10-18(2,16(23)11-21)7-8-20(13,15)4/h13,15-16,21,23-24H,5-11H2,1-4H3/t13-,15-,16+,18-,19+,20-/m0/s1. The molecule has 0 aromatic rings. The lowest BCUT2D eigenvalue weighted by molar-refractivity contribution is -0.145. The van der Waals surface area contributed by atoms with E-state index in [4.69, 9.17) is 0 Å². The molecule has 136 valence electrons. The van der Waals surface area contributed by atoms with Gasteiger partial charge in [0.25, 0.3) is 0 Å². The van der Waals surface area contributed by atoms with Gasteiger partial charge >= 0.3 is 0 Å². The third-order valence-corrected chi connectivity index (χ3v) is 8.30. The molecule has 0 unspecified atom stereocenters. The number of Topliss-reactive ketones (excluding diaryl/α,β-unsaturated/α-hetero) is 1. The van der Waals surface area contributed by atoms with Crippen molar-refractivity contribution in [2.45, 2.75) is 72.3 Å². The number of hydrogen-bond acceptors (Lipinski definition) is 4. The predicted molar refractivity (Wildman–Crippen MR) is 92.4 cm³/mol. The van der Waals surface area contributed by atoms with E-state index in [9.17, 15) is 20.1 Å². The third kappa shape index (κ3) is 2.29. The summed E-state index contributed by atoms with van der Waals surface area (Å²) in [7, 11) is 0. The van der Waals surface area contributed by atoms with E-state index in [0.717, 1.165) is 37.7 Å². The van der Waals surface area contributed by atoms with Crippen molar-refractivity contribution in [1.29, 1.82) is 0 Å². The summed E-state index contributed by atoms with van der Waals surface area (Å²) in [5, 5.41) is 29.9. The van der Waals surface area contributed by atoms with Crippen molar-refractivity contribution in [2.75, 3.05) is 6.61 Å². The molecule has 0 radical (unpaired) electrons. The number of ketones is 1. The molecule has 4 heteroatoms. The fourth-order valence-corrected chi connectivity index (χ4v) is 6.12. The summed E-state index contributed by atoms with van der Waals surface area (Å²) in [5.74, 6) is 0.590. The predicted octanol–water partition coefficient (Wildman–Crippen LogP) is 3.37. The van der Waals surface area contributed by atoms with Crippen molar-refractivity contribution in [3.63, 3.8) is 0 Å². The van der Waals surface area contributed by atoms with Crippen LogP contribution in [0.1, 0.15) is 66.2 Å². The van der Waals surface area contributed by atoms with Gasteiger partial charge in [0.15, 0.2) is 11.5 Å². The highest BCUT2D eigenvalue weighted by Gasteiger charge is 2.60. The van der Waals surface area contributed by atoms with Gasteiger partial charge in [-0.25, -0.2) is 0 Å². The van der Waals surface area contributed by atoms with Gasteiger partial charge in [-0.1, -0.05) is 20.8 Å². The zero-order valence-corrected chi connectivity index (χ0v) is 15.4. The van der Waals surface area contributed by atoms with Crippen LogP contribution in [0.5, 0.6) is 0 Å². The quantitative estimate of drug-likeness (QED) is 0.722. The van der Waals surface area contributed by atoms with Crippen LogP contribution >= 0.6 is 0 Å². The molecule has 4 nitrogen and oxygen atoms in total. The van der Waals surface area contributed by atoms with E-state index in [1.54, 1.807) is 0 Å². The van der Waals surface area contributed by atoms with E-state index >= 15 is 0 Å². The van der Waals surface area contributed by atoms with Crippen LogP contribution in [0.25, 0.3) is 0 Å². The average molecular weight is 336 g/mol. The molecule has 0 heterocycles. The maximum Gasteiger partial charge on any atom is 0.197 e. The zero-order valence-electron chi connectivity index (χ0n) is 15.4. The molecule has 0 bridgehead atoms. The first-order valence-corrected chi connectivity index (χ1v) is 9.31. The zero-order chi connectivity index (χ0) is 17.9. The highest BCUT2D eigenvalue weighted by atomic mass is 16.3. The van der Waals surface area contributed by atoms with E-state index in [1.807, 2.05) is 6.92 Å². The van der Waals surface area contributed by atoms with Crippen LogP contribution in [0.4, 0.5) is 0 Å². The Kier molecular flexibility index (Phi) is 4.16. The smallest absolute Gasteiger partial charge is 0.197 e. The molecule has 3 aliphatic carbocycles. The molecule has 0 amide bonds. The summed E-state index contributed by atoms with van der Waals surface area (Å²) < 4.78 is 0. The normalized spacial score (nSPS) is 47.2. The van der Waals surface area contributed by atoms with E-state index in [1.165, 1.54) is 0 Å². The Bertz CT molecular complexity index is 582. The topological polar surface area (TPSA) is 77.8 Å². The lowest BCUT2D eigenvalue weighted by atomic mass is 9.42. The molecule has 0 aromatic carbocycles. The van der Waals surface area contributed by atoms with Crippen LogP contribution in [0.15, 0.2) is 11.3 Å². The van der Waals surface area contributed by atoms with Crippen LogP contribution in [0.3, 0.4) is 0 Å². The lowest BCUT2D eigenvalue weighted by Gasteiger charge is -2.62. The van der Waals surface area contributed by atoms with Gasteiger partial charge in [0.1, 0.15) is 0 Å². The summed E-state index contributed by atoms with van der Waals surface area (Å²) in [6, 6.07) is 0. The van der Waals surface area contributed by atoms with Crippen molar-refractivity contribution in [1.82, 2.24) is 0 Å². The number of rotatable bonds is 2. The van der Waals surface area contributed by atoms with E-state index in [2.05, 4.69) is 20.8 Å². The van der Waals surface area contributed by atoms with Crippen molar-refractivity contribution in [2.24, 2.45) is 28.1 Å². The fraction of sp³-hybridized carbons (Fsp3) is 0.850. The molecule has 2 fully saturated rings. The Morgan fingerprint density at radius 2 is 1.88 bits per heavy atom. The molecule has 3 N–H and O–H groups in total. The summed E-state index contributed by atoms with van der Waals surface area (Å²) in [6.45, 7) is 8.35. The van der Waals surface area contributed by atoms with Gasteiger partial charge in [-0.15, -0.1) is 0 Å². The Balaban J connectivity index is 1.95. The van der Waals surface area contributed by atoms with Crippen LogP contribution in [-0.4, -0.2) is 33.8 Å². The summed E-state index contributed by atoms with van der Waals surface area (Å²) in [4.78, 5) is 12.3. The molecule has 6 atom stereocenters. The highest BCUT2D eigenvalue weighted by Crippen LogP contribution is 2.66. The van der Waals surface area contributed by atoms with E-state index < -0.39 is 6.10 Å². The van der Waals surface area contributed by atoms with Crippen molar-refractivity contribution in [3.05, 3.63) is 11.3 Å². The maximum atomic E-state index is 12.3. The van der Waals surface area contributed by atoms with Crippen LogP contribution < -0.4 is 0 Å². The Morgan fingerprint density at radius 3 is 2.50 bits per heavy atom. The Labute approximate surface area is 145 Å². The highest BCUT2D eigenvalue weighted by molar-refractivity contribution is 5.95. The number of allylic oxidation sites excluding steroid dienone is 2. The SMILES string of the molecule is CC1=C(O)C(=O)C[C@@H]2[C@@]3(C)CC[C@](C)([C@H](O)CO)C[C@@H]3CC[C@]12C. The van der Waals surface area contributed by atoms with Crippen LogP contribution in [0, 0.1) is 28.1 Å². The second kappa shape index (κ2) is 5.57. The fourth-order valence-electron chi connectivity index (χ4n) is 6.12. The van der Waals surface area contributed by atoms with Crippen LogP contribution in [-0.2, 0) is 4.79 Å². The number of carbonyl (C=O) groups is 1. The minimum Gasteiger partial charge on any atom is -0.504 e. The van der Waals surface area contributed by atoms with Gasteiger partial charge in [-0.3, -0.25) is 4.79 Å². The average Bonchev–Trinajstić information content (AvgIpc) is 2.56. The number of aliphatic hydroxyl groups excluding tert-OH is 3. The minimum absolute atomic E-state index is 0.00727. The molecular formula is C20H32O4. The minimum atomic E-state index is -0.672. The second-order valence-electron chi connectivity index (χ2n) is 9.37. The molecule has 0 aliphatic heterocycles. The molecule has 24 heavy (non-hydrogen) atoms. The summed E-state index contributed by atoms with van der Waals surface area (Å²) in [6.07, 6.45) is 4.54. The number of fused-ring (bicyclic) bond motifs is 3. The monoisotopic (exact) mass is 336 g/mol. The lowest BCUT2D eigenvalue weighted by Crippen LogP contribution is -2.56. The number of aliphatic hydroxyl groups is 3. The van der Waals surface area contributed by atoms with Crippen molar-refractivity contribution in [3.8, 4) is 0 Å². The Morgan fingerprint density at radius 1 is 1.21 bits per heavy atom. The van der Waals surface area contributed by atoms with Crippen molar-refractivity contribution < 1.29 is 20.1 Å². The summed E-state index contributed by atoms with van der Waals surface area (Å²) in [5.41, 5.74) is 0.580. The largest absolute Gasteiger partial charge is 0.504 e. The van der Waals surface area contributed by atoms with E-state index in [-0.39, 0.29) is 40.3 Å². The van der Waals surface area contributed by atoms with Gasteiger partial charge in [0, 0.05) is 6.42 Å². The molecule has 0 aromatic heterocycles. The first kappa shape index (κ1) is 17.9. The molecule has 3 aliphatic rings. The van der Waals surface area contributed by atoms with Crippen LogP contribution in [0.2, 0.25) is 0 Å². The number of carbonyl (C=O) groups excluding carboxylic acids is 1. The first-order valence-electron chi connectivity index (χ1n) is 9.31. The summed E-state index contributed by atoms with van der Waals surface area (Å²) >= 11 is 0. The third-order valence-electron chi connectivity index (χ3n) is 8.30. The number of hydrogen-bond donors (Lipinski definition) is 3. The molecule has 2 saturated carbocycles.